The average molecular weight is 423 g/mol. The zero-order chi connectivity index (χ0) is 14.3. The fourth-order valence-corrected chi connectivity index (χ4v) is 7.60. The maximum atomic E-state index is 2.45. The SMILES string of the molecule is CC1=[C]([Zr][C]2(n3cccc3)C=Cc3ccccc32)CC=C1.Cl.Cl. The molecule has 0 saturated carbocycles. The molecule has 0 bridgehead atoms. The minimum absolute atomic E-state index is 0. The van der Waals surface area contributed by atoms with Crippen LogP contribution in [0.5, 0.6) is 0 Å². The van der Waals surface area contributed by atoms with Crippen LogP contribution in [0.1, 0.15) is 24.5 Å². The summed E-state index contributed by atoms with van der Waals surface area (Å²) in [5.74, 6) is 0. The molecule has 23 heavy (non-hydrogen) atoms. The van der Waals surface area contributed by atoms with Gasteiger partial charge in [-0.15, -0.1) is 24.8 Å². The second-order valence-corrected chi connectivity index (χ2v) is 9.64. The van der Waals surface area contributed by atoms with E-state index in [4.69, 9.17) is 0 Å². The number of fused-ring (bicyclic) bond motifs is 1. The van der Waals surface area contributed by atoms with Gasteiger partial charge in [0.2, 0.25) is 0 Å². The molecule has 0 fully saturated rings. The molecule has 1 atom stereocenters. The molecule has 2 aliphatic rings. The number of halogens is 2. The van der Waals surface area contributed by atoms with Crippen molar-refractivity contribution in [3.63, 3.8) is 0 Å². The molecule has 1 aromatic heterocycles. The zero-order valence-electron chi connectivity index (χ0n) is 12.9. The van der Waals surface area contributed by atoms with Crippen molar-refractivity contribution < 1.29 is 23.2 Å². The van der Waals surface area contributed by atoms with Gasteiger partial charge in [0, 0.05) is 0 Å². The first kappa shape index (κ1) is 18.5. The first-order valence-corrected chi connectivity index (χ1v) is 9.82. The summed E-state index contributed by atoms with van der Waals surface area (Å²) in [5, 5.41) is 0. The van der Waals surface area contributed by atoms with E-state index >= 15 is 0 Å². The Morgan fingerprint density at radius 1 is 1.00 bits per heavy atom. The Hall–Kier alpha value is -0.817. The zero-order valence-corrected chi connectivity index (χ0v) is 17.0. The monoisotopic (exact) mass is 421 g/mol. The van der Waals surface area contributed by atoms with Gasteiger partial charge in [-0.3, -0.25) is 0 Å². The Labute approximate surface area is 161 Å². The standard InChI is InChI=1S/C13H10N.C6H7.2ClH.Zr/c1-2-6-12-11(5-1)7-8-13(12)14-9-3-4-10-14;1-6-4-2-3-5-6;;;/h1-10H;2,4H,3H2,1H3;2*1H;. The minimum atomic E-state index is -0.816. The van der Waals surface area contributed by atoms with Gasteiger partial charge in [0.15, 0.2) is 0 Å². The average Bonchev–Trinajstić information content (AvgIpc) is 3.22. The molecule has 4 heteroatoms. The fraction of sp³-hybridized carbons (Fsp3) is 0.158. The molecule has 0 radical (unpaired) electrons. The molecule has 2 aromatic rings. The van der Waals surface area contributed by atoms with Crippen LogP contribution in [-0.2, 0) is 26.5 Å². The van der Waals surface area contributed by atoms with Crippen LogP contribution in [0.25, 0.3) is 6.08 Å². The van der Waals surface area contributed by atoms with E-state index in [0.29, 0.717) is 0 Å². The topological polar surface area (TPSA) is 4.93 Å². The van der Waals surface area contributed by atoms with E-state index < -0.39 is 23.2 Å². The predicted molar refractivity (Wildman–Crippen MR) is 97.9 cm³/mol. The first-order chi connectivity index (χ1) is 10.3. The van der Waals surface area contributed by atoms with Gasteiger partial charge in [0.1, 0.15) is 0 Å². The van der Waals surface area contributed by atoms with E-state index in [-0.39, 0.29) is 28.1 Å². The number of hydrogen-bond donors (Lipinski definition) is 0. The van der Waals surface area contributed by atoms with Crippen LogP contribution in [0.3, 0.4) is 0 Å². The number of hydrogen-bond acceptors (Lipinski definition) is 0. The van der Waals surface area contributed by atoms with Gasteiger partial charge in [-0.25, -0.2) is 0 Å². The Morgan fingerprint density at radius 3 is 2.43 bits per heavy atom. The van der Waals surface area contributed by atoms with E-state index in [1.54, 1.807) is 3.28 Å². The maximum Gasteiger partial charge on any atom is -0.147 e. The van der Waals surface area contributed by atoms with E-state index in [2.05, 4.69) is 84.6 Å². The van der Waals surface area contributed by atoms with Crippen LogP contribution < -0.4 is 0 Å². The molecule has 1 nitrogen and oxygen atoms in total. The van der Waals surface area contributed by atoms with Crippen molar-refractivity contribution >= 4 is 30.9 Å². The van der Waals surface area contributed by atoms with Crippen LogP contribution in [0.2, 0.25) is 0 Å². The number of allylic oxidation sites excluding steroid dienone is 5. The third-order valence-electron chi connectivity index (χ3n) is 4.39. The molecule has 0 saturated heterocycles. The summed E-state index contributed by atoms with van der Waals surface area (Å²) in [6.45, 7) is 2.27. The molecule has 0 spiro atoms. The number of nitrogens with zero attached hydrogens (tertiary/aromatic N) is 1. The molecule has 0 aliphatic heterocycles. The van der Waals surface area contributed by atoms with Gasteiger partial charge in [0.05, 0.1) is 0 Å². The Kier molecular flexibility index (Phi) is 5.95. The van der Waals surface area contributed by atoms with Crippen molar-refractivity contribution in [2.24, 2.45) is 0 Å². The third kappa shape index (κ3) is 3.10. The number of rotatable bonds is 3. The van der Waals surface area contributed by atoms with Crippen molar-refractivity contribution in [3.05, 3.63) is 87.0 Å². The smallest absolute Gasteiger partial charge is 0.147 e. The van der Waals surface area contributed by atoms with Gasteiger partial charge in [-0.1, -0.05) is 0 Å². The maximum absolute atomic E-state index is 2.45. The van der Waals surface area contributed by atoms with Crippen LogP contribution in [0, 0.1) is 0 Å². The predicted octanol–water partition coefficient (Wildman–Crippen LogP) is 5.38. The van der Waals surface area contributed by atoms with Crippen LogP contribution in [0.4, 0.5) is 0 Å². The molecular formula is C19H19Cl2NZr. The quantitative estimate of drug-likeness (QED) is 0.625. The summed E-state index contributed by atoms with van der Waals surface area (Å²) < 4.78 is 4.25. The molecular weight excluding hydrogens is 404 g/mol. The summed E-state index contributed by atoms with van der Waals surface area (Å²) in [6, 6.07) is 13.2. The van der Waals surface area contributed by atoms with Gasteiger partial charge < -0.3 is 0 Å². The molecule has 1 aromatic carbocycles. The number of benzene rings is 1. The molecule has 1 unspecified atom stereocenters. The summed E-state index contributed by atoms with van der Waals surface area (Å²) in [7, 11) is 0. The van der Waals surface area contributed by atoms with Crippen molar-refractivity contribution in [1.82, 2.24) is 4.57 Å². The third-order valence-corrected chi connectivity index (χ3v) is 9.25. The van der Waals surface area contributed by atoms with Crippen LogP contribution in [-0.4, -0.2) is 4.57 Å². The molecule has 118 valence electrons. The Balaban J connectivity index is 0.000000960. The van der Waals surface area contributed by atoms with Gasteiger partial charge >= 0.3 is 137 Å². The van der Waals surface area contributed by atoms with Crippen molar-refractivity contribution in [2.75, 3.05) is 0 Å². The molecule has 4 rings (SSSR count). The molecule has 1 heterocycles. The molecule has 0 N–H and O–H groups in total. The van der Waals surface area contributed by atoms with Gasteiger partial charge in [-0.05, 0) is 0 Å². The fourth-order valence-electron chi connectivity index (χ4n) is 3.25. The van der Waals surface area contributed by atoms with Crippen molar-refractivity contribution in [2.45, 2.75) is 16.6 Å². The van der Waals surface area contributed by atoms with Crippen molar-refractivity contribution in [1.29, 1.82) is 0 Å². The second kappa shape index (κ2) is 7.38. The largest absolute Gasteiger partial charge is 0.147 e. The molecule has 0 amide bonds. The van der Waals surface area contributed by atoms with E-state index in [1.807, 2.05) is 0 Å². The molecule has 2 aliphatic carbocycles. The van der Waals surface area contributed by atoms with E-state index in [9.17, 15) is 0 Å². The van der Waals surface area contributed by atoms with Gasteiger partial charge in [-0.2, -0.15) is 0 Å². The van der Waals surface area contributed by atoms with E-state index in [0.717, 1.165) is 6.42 Å². The number of aromatic nitrogens is 1. The summed E-state index contributed by atoms with van der Waals surface area (Å²) >= 11 is -0.816. The normalized spacial score (nSPS) is 20.9. The van der Waals surface area contributed by atoms with Crippen molar-refractivity contribution in [3.8, 4) is 0 Å². The van der Waals surface area contributed by atoms with Crippen LogP contribution in [0.15, 0.2) is 75.9 Å². The Bertz CT molecular complexity index is 774. The van der Waals surface area contributed by atoms with Crippen LogP contribution >= 0.6 is 24.8 Å². The summed E-state index contributed by atoms with van der Waals surface area (Å²) in [4.78, 5) is 0. The van der Waals surface area contributed by atoms with E-state index in [1.165, 1.54) is 16.7 Å². The second-order valence-electron chi connectivity index (χ2n) is 5.67. The minimum Gasteiger partial charge on any atom is -0.147 e. The van der Waals surface area contributed by atoms with Gasteiger partial charge in [0.25, 0.3) is 0 Å². The Morgan fingerprint density at radius 2 is 1.74 bits per heavy atom. The summed E-state index contributed by atoms with van der Waals surface area (Å²) in [6.07, 6.45) is 15.0. The summed E-state index contributed by atoms with van der Waals surface area (Å²) in [5.41, 5.74) is 4.38. The first-order valence-electron chi connectivity index (χ1n) is 7.36.